The Hall–Kier alpha value is -1.74. The van der Waals surface area contributed by atoms with Gasteiger partial charge in [-0.2, -0.15) is 5.26 Å². The van der Waals surface area contributed by atoms with Crippen molar-refractivity contribution in [3.05, 3.63) is 35.4 Å². The molecule has 0 aromatic heterocycles. The molecule has 0 aliphatic carbocycles. The molecule has 5 heteroatoms. The van der Waals surface area contributed by atoms with Crippen LogP contribution >= 0.6 is 0 Å². The summed E-state index contributed by atoms with van der Waals surface area (Å²) in [6, 6.07) is 8.81. The van der Waals surface area contributed by atoms with E-state index in [0.29, 0.717) is 24.2 Å². The maximum atomic E-state index is 12.1. The SMILES string of the molecule is N#Cc1ccc(C(=O)CN2CCN(CCO)CC2)cc1. The first-order valence-electron chi connectivity index (χ1n) is 6.82. The smallest absolute Gasteiger partial charge is 0.176 e. The molecule has 1 N–H and O–H groups in total. The van der Waals surface area contributed by atoms with Gasteiger partial charge in [0.25, 0.3) is 0 Å². The highest BCUT2D eigenvalue weighted by molar-refractivity contribution is 5.97. The average molecular weight is 273 g/mol. The van der Waals surface area contributed by atoms with Gasteiger partial charge in [0, 0.05) is 38.3 Å². The molecule has 20 heavy (non-hydrogen) atoms. The number of Topliss-reactive ketones (excluding diaryl/α,β-unsaturated/α-hetero) is 1. The van der Waals surface area contributed by atoms with E-state index < -0.39 is 0 Å². The molecule has 0 atom stereocenters. The number of piperazine rings is 1. The molecule has 0 saturated carbocycles. The molecule has 1 aromatic rings. The minimum absolute atomic E-state index is 0.0881. The standard InChI is InChI=1S/C15H19N3O2/c16-11-13-1-3-14(4-2-13)15(20)12-18-7-5-17(6-8-18)9-10-19/h1-4,19H,5-10,12H2. The van der Waals surface area contributed by atoms with Crippen LogP contribution in [0.25, 0.3) is 0 Å². The molecular formula is C15H19N3O2. The number of benzene rings is 1. The molecule has 0 unspecified atom stereocenters. The van der Waals surface area contributed by atoms with Crippen LogP contribution in [0.1, 0.15) is 15.9 Å². The van der Waals surface area contributed by atoms with Crippen molar-refractivity contribution in [3.8, 4) is 6.07 Å². The van der Waals surface area contributed by atoms with E-state index in [1.165, 1.54) is 0 Å². The predicted molar refractivity (Wildman–Crippen MR) is 75.5 cm³/mol. The highest BCUT2D eigenvalue weighted by Gasteiger charge is 2.19. The van der Waals surface area contributed by atoms with Gasteiger partial charge in [-0.1, -0.05) is 12.1 Å². The molecule has 0 amide bonds. The monoisotopic (exact) mass is 273 g/mol. The Bertz CT molecular complexity index is 485. The van der Waals surface area contributed by atoms with Crippen LogP contribution in [0.4, 0.5) is 0 Å². The topological polar surface area (TPSA) is 67.6 Å². The summed E-state index contributed by atoms with van der Waals surface area (Å²) in [5, 5.41) is 17.6. The normalized spacial score (nSPS) is 16.8. The van der Waals surface area contributed by atoms with Gasteiger partial charge in [0.05, 0.1) is 24.8 Å². The van der Waals surface area contributed by atoms with E-state index in [2.05, 4.69) is 9.80 Å². The Morgan fingerprint density at radius 1 is 1.15 bits per heavy atom. The molecule has 1 saturated heterocycles. The van der Waals surface area contributed by atoms with Crippen molar-refractivity contribution in [3.63, 3.8) is 0 Å². The molecule has 0 spiro atoms. The van der Waals surface area contributed by atoms with Gasteiger partial charge in [0.1, 0.15) is 0 Å². The zero-order chi connectivity index (χ0) is 14.4. The summed E-state index contributed by atoms with van der Waals surface area (Å²) in [6.07, 6.45) is 0. The van der Waals surface area contributed by atoms with Gasteiger partial charge in [-0.05, 0) is 12.1 Å². The maximum Gasteiger partial charge on any atom is 0.176 e. The van der Waals surface area contributed by atoms with Crippen LogP contribution in [0, 0.1) is 11.3 Å². The highest BCUT2D eigenvalue weighted by Crippen LogP contribution is 2.07. The van der Waals surface area contributed by atoms with Crippen LogP contribution in [0.3, 0.4) is 0 Å². The lowest BCUT2D eigenvalue weighted by Gasteiger charge is -2.33. The first-order valence-corrected chi connectivity index (χ1v) is 6.82. The number of nitrogens with zero attached hydrogens (tertiary/aromatic N) is 3. The zero-order valence-electron chi connectivity index (χ0n) is 11.5. The summed E-state index contributed by atoms with van der Waals surface area (Å²) in [5.41, 5.74) is 1.22. The third kappa shape index (κ3) is 3.87. The molecule has 1 aliphatic heterocycles. The van der Waals surface area contributed by atoms with E-state index in [-0.39, 0.29) is 12.4 Å². The summed E-state index contributed by atoms with van der Waals surface area (Å²) in [7, 11) is 0. The number of β-amino-alcohol motifs (C(OH)–C–C–N with tert-alkyl or cyclic N) is 1. The van der Waals surface area contributed by atoms with Crippen molar-refractivity contribution in [2.45, 2.75) is 0 Å². The van der Waals surface area contributed by atoms with Crippen molar-refractivity contribution in [1.82, 2.24) is 9.80 Å². The largest absolute Gasteiger partial charge is 0.395 e. The molecule has 0 bridgehead atoms. The Balaban J connectivity index is 1.84. The van der Waals surface area contributed by atoms with E-state index in [9.17, 15) is 4.79 Å². The number of hydrogen-bond acceptors (Lipinski definition) is 5. The van der Waals surface area contributed by atoms with Gasteiger partial charge in [-0.25, -0.2) is 0 Å². The molecule has 0 radical (unpaired) electrons. The van der Waals surface area contributed by atoms with Crippen LogP contribution in [0.2, 0.25) is 0 Å². The minimum atomic E-state index is 0.0881. The minimum Gasteiger partial charge on any atom is -0.395 e. The van der Waals surface area contributed by atoms with Gasteiger partial charge in [0.2, 0.25) is 0 Å². The van der Waals surface area contributed by atoms with E-state index in [4.69, 9.17) is 10.4 Å². The number of rotatable bonds is 5. The first kappa shape index (κ1) is 14.7. The Kier molecular flexibility index (Phi) is 5.24. The number of aliphatic hydroxyl groups is 1. The number of aliphatic hydroxyl groups excluding tert-OH is 1. The zero-order valence-corrected chi connectivity index (χ0v) is 11.5. The molecule has 2 rings (SSSR count). The fourth-order valence-corrected chi connectivity index (χ4v) is 2.34. The lowest BCUT2D eigenvalue weighted by molar-refractivity contribution is 0.0822. The Labute approximate surface area is 119 Å². The van der Waals surface area contributed by atoms with E-state index >= 15 is 0 Å². The summed E-state index contributed by atoms with van der Waals surface area (Å²) >= 11 is 0. The molecule has 1 aromatic carbocycles. The van der Waals surface area contributed by atoms with E-state index in [1.807, 2.05) is 6.07 Å². The van der Waals surface area contributed by atoms with Crippen molar-refractivity contribution in [1.29, 1.82) is 5.26 Å². The van der Waals surface area contributed by atoms with Crippen LogP contribution in [0.15, 0.2) is 24.3 Å². The van der Waals surface area contributed by atoms with Crippen LogP contribution in [-0.4, -0.2) is 66.6 Å². The number of ketones is 1. The molecule has 5 nitrogen and oxygen atoms in total. The van der Waals surface area contributed by atoms with Crippen molar-refractivity contribution < 1.29 is 9.90 Å². The molecule has 1 heterocycles. The fourth-order valence-electron chi connectivity index (χ4n) is 2.34. The van der Waals surface area contributed by atoms with Gasteiger partial charge in [-0.3, -0.25) is 14.6 Å². The Morgan fingerprint density at radius 3 is 2.30 bits per heavy atom. The van der Waals surface area contributed by atoms with Gasteiger partial charge >= 0.3 is 0 Å². The third-order valence-corrected chi connectivity index (χ3v) is 3.58. The summed E-state index contributed by atoms with van der Waals surface area (Å²) < 4.78 is 0. The van der Waals surface area contributed by atoms with E-state index in [1.54, 1.807) is 24.3 Å². The second-order valence-corrected chi connectivity index (χ2v) is 4.95. The van der Waals surface area contributed by atoms with Crippen LogP contribution in [0.5, 0.6) is 0 Å². The molecular weight excluding hydrogens is 254 g/mol. The average Bonchev–Trinajstić information content (AvgIpc) is 2.49. The number of nitriles is 1. The maximum absolute atomic E-state index is 12.1. The van der Waals surface area contributed by atoms with Crippen molar-refractivity contribution in [2.75, 3.05) is 45.9 Å². The summed E-state index contributed by atoms with van der Waals surface area (Å²) in [5.74, 6) is 0.0881. The second-order valence-electron chi connectivity index (χ2n) is 4.95. The van der Waals surface area contributed by atoms with Crippen molar-refractivity contribution in [2.24, 2.45) is 0 Å². The number of carbonyl (C=O) groups excluding carboxylic acids is 1. The third-order valence-electron chi connectivity index (χ3n) is 3.58. The fraction of sp³-hybridized carbons (Fsp3) is 0.467. The van der Waals surface area contributed by atoms with Gasteiger partial charge in [-0.15, -0.1) is 0 Å². The second kappa shape index (κ2) is 7.15. The molecule has 1 fully saturated rings. The first-order chi connectivity index (χ1) is 9.72. The number of carbonyl (C=O) groups is 1. The summed E-state index contributed by atoms with van der Waals surface area (Å²) in [4.78, 5) is 16.5. The van der Waals surface area contributed by atoms with Gasteiger partial charge < -0.3 is 5.11 Å². The van der Waals surface area contributed by atoms with Crippen LogP contribution < -0.4 is 0 Å². The molecule has 106 valence electrons. The lowest BCUT2D eigenvalue weighted by Crippen LogP contribution is -2.48. The highest BCUT2D eigenvalue weighted by atomic mass is 16.3. The Morgan fingerprint density at radius 2 is 1.75 bits per heavy atom. The molecule has 1 aliphatic rings. The quantitative estimate of drug-likeness (QED) is 0.784. The van der Waals surface area contributed by atoms with Gasteiger partial charge in [0.15, 0.2) is 5.78 Å². The van der Waals surface area contributed by atoms with E-state index in [0.717, 1.165) is 26.2 Å². The number of hydrogen-bond donors (Lipinski definition) is 1. The van der Waals surface area contributed by atoms with Crippen LogP contribution in [-0.2, 0) is 0 Å². The van der Waals surface area contributed by atoms with Crippen molar-refractivity contribution >= 4 is 5.78 Å². The summed E-state index contributed by atoms with van der Waals surface area (Å²) in [6.45, 7) is 4.78. The predicted octanol–water partition coefficient (Wildman–Crippen LogP) is 0.351. The lowest BCUT2D eigenvalue weighted by atomic mass is 10.1.